The van der Waals surface area contributed by atoms with E-state index in [1.807, 2.05) is 41.1 Å². The lowest BCUT2D eigenvalue weighted by atomic mass is 9.90. The fourth-order valence-electron chi connectivity index (χ4n) is 4.10. The van der Waals surface area contributed by atoms with Gasteiger partial charge in [0.1, 0.15) is 19.0 Å². The number of aromatic nitrogens is 1. The van der Waals surface area contributed by atoms with E-state index in [1.54, 1.807) is 18.4 Å². The highest BCUT2D eigenvalue weighted by Gasteiger charge is 2.16. The summed E-state index contributed by atoms with van der Waals surface area (Å²) in [5, 5.41) is 7.02. The molecule has 1 saturated carbocycles. The molecule has 5 rings (SSSR count). The van der Waals surface area contributed by atoms with Crippen molar-refractivity contribution in [2.45, 2.75) is 32.1 Å². The van der Waals surface area contributed by atoms with E-state index >= 15 is 0 Å². The maximum Gasteiger partial charge on any atom is 0.211 e. The van der Waals surface area contributed by atoms with Crippen LogP contribution in [-0.4, -0.2) is 31.2 Å². The van der Waals surface area contributed by atoms with Crippen LogP contribution < -0.4 is 19.0 Å². The summed E-state index contributed by atoms with van der Waals surface area (Å²) < 4.78 is 18.7. The van der Waals surface area contributed by atoms with E-state index in [0.29, 0.717) is 19.1 Å². The second kappa shape index (κ2) is 9.61. The molecule has 1 aromatic heterocycles. The van der Waals surface area contributed by atoms with Crippen LogP contribution in [0.3, 0.4) is 0 Å². The van der Waals surface area contributed by atoms with E-state index in [0.717, 1.165) is 39.0 Å². The maximum atomic E-state index is 5.80. The molecule has 0 N–H and O–H groups in total. The average Bonchev–Trinajstić information content (AvgIpc) is 3.25. The third-order valence-electron chi connectivity index (χ3n) is 5.86. The van der Waals surface area contributed by atoms with E-state index in [9.17, 15) is 0 Å². The highest BCUT2D eigenvalue weighted by Crippen LogP contribution is 2.35. The van der Waals surface area contributed by atoms with Gasteiger partial charge in [-0.1, -0.05) is 19.3 Å². The molecular formula is C25H27N3O3S. The van der Waals surface area contributed by atoms with Crippen molar-refractivity contribution in [2.75, 3.05) is 20.3 Å². The minimum Gasteiger partial charge on any atom is -0.497 e. The molecule has 0 spiro atoms. The molecule has 0 saturated heterocycles. The summed E-state index contributed by atoms with van der Waals surface area (Å²) in [6, 6.07) is 13.8. The Bertz CT molecular complexity index is 1160. The van der Waals surface area contributed by atoms with Crippen molar-refractivity contribution >= 4 is 23.2 Å². The van der Waals surface area contributed by atoms with Crippen molar-refractivity contribution in [3.05, 3.63) is 52.6 Å². The highest BCUT2D eigenvalue weighted by molar-refractivity contribution is 7.07. The first-order valence-electron chi connectivity index (χ1n) is 11.1. The minimum absolute atomic E-state index is 0.526. The quantitative estimate of drug-likeness (QED) is 0.474. The van der Waals surface area contributed by atoms with Gasteiger partial charge in [0.2, 0.25) is 4.80 Å². The topological polar surface area (TPSA) is 57.3 Å². The fourth-order valence-corrected chi connectivity index (χ4v) is 4.96. The molecule has 6 nitrogen and oxygen atoms in total. The molecule has 1 aliphatic heterocycles. The summed E-state index contributed by atoms with van der Waals surface area (Å²) in [6.45, 7) is 1.15. The molecule has 0 amide bonds. The molecule has 7 heteroatoms. The maximum absolute atomic E-state index is 5.80. The summed E-state index contributed by atoms with van der Waals surface area (Å²) in [4.78, 5) is 5.70. The highest BCUT2D eigenvalue weighted by atomic mass is 32.1. The SMILES string of the molecule is COc1ccc(N=c2scc(-c3ccc4c(c3)OCCO4)n2/N=C/C2CCCCC2)cc1. The Kier molecular flexibility index (Phi) is 6.25. The van der Waals surface area contributed by atoms with Gasteiger partial charge in [-0.15, -0.1) is 11.3 Å². The molecular weight excluding hydrogens is 422 g/mol. The van der Waals surface area contributed by atoms with Crippen molar-refractivity contribution < 1.29 is 14.2 Å². The zero-order chi connectivity index (χ0) is 21.8. The third kappa shape index (κ3) is 4.58. The van der Waals surface area contributed by atoms with Gasteiger partial charge in [-0.2, -0.15) is 5.10 Å². The third-order valence-corrected chi connectivity index (χ3v) is 6.68. The van der Waals surface area contributed by atoms with Gasteiger partial charge in [-0.05, 0) is 61.2 Å². The number of ether oxygens (including phenoxy) is 3. The van der Waals surface area contributed by atoms with Crippen molar-refractivity contribution in [1.82, 2.24) is 4.68 Å². The first kappa shape index (κ1) is 20.8. The largest absolute Gasteiger partial charge is 0.497 e. The van der Waals surface area contributed by atoms with Gasteiger partial charge in [0.15, 0.2) is 11.5 Å². The van der Waals surface area contributed by atoms with Gasteiger partial charge in [-0.3, -0.25) is 0 Å². The Morgan fingerprint density at radius 1 is 1.00 bits per heavy atom. The molecule has 2 aliphatic rings. The minimum atomic E-state index is 0.526. The van der Waals surface area contributed by atoms with Crippen LogP contribution in [0, 0.1) is 5.92 Å². The van der Waals surface area contributed by atoms with Gasteiger partial charge < -0.3 is 14.2 Å². The molecule has 1 aliphatic carbocycles. The van der Waals surface area contributed by atoms with Crippen LogP contribution in [0.15, 0.2) is 57.9 Å². The van der Waals surface area contributed by atoms with Crippen molar-refractivity contribution in [1.29, 1.82) is 0 Å². The molecule has 0 unspecified atom stereocenters. The zero-order valence-electron chi connectivity index (χ0n) is 18.2. The summed E-state index contributed by atoms with van der Waals surface area (Å²) >= 11 is 1.58. The molecule has 0 bridgehead atoms. The first-order chi connectivity index (χ1) is 15.8. The van der Waals surface area contributed by atoms with Crippen LogP contribution >= 0.6 is 11.3 Å². The number of benzene rings is 2. The van der Waals surface area contributed by atoms with Gasteiger partial charge in [-0.25, -0.2) is 9.67 Å². The van der Waals surface area contributed by atoms with Crippen molar-refractivity contribution in [2.24, 2.45) is 16.0 Å². The van der Waals surface area contributed by atoms with Gasteiger partial charge >= 0.3 is 0 Å². The fraction of sp³-hybridized carbons (Fsp3) is 0.360. The van der Waals surface area contributed by atoms with Gasteiger partial charge in [0.05, 0.1) is 18.5 Å². The van der Waals surface area contributed by atoms with E-state index in [4.69, 9.17) is 24.3 Å². The van der Waals surface area contributed by atoms with Crippen LogP contribution in [0.2, 0.25) is 0 Å². The number of hydrogen-bond donors (Lipinski definition) is 0. The molecule has 32 heavy (non-hydrogen) atoms. The second-order valence-corrected chi connectivity index (χ2v) is 8.88. The van der Waals surface area contributed by atoms with Crippen LogP contribution in [0.25, 0.3) is 11.3 Å². The first-order valence-corrected chi connectivity index (χ1v) is 12.0. The Labute approximate surface area is 191 Å². The van der Waals surface area contributed by atoms with Crippen LogP contribution in [0.4, 0.5) is 5.69 Å². The van der Waals surface area contributed by atoms with Crippen LogP contribution in [0.1, 0.15) is 32.1 Å². The number of nitrogens with zero attached hydrogens (tertiary/aromatic N) is 3. The second-order valence-electron chi connectivity index (χ2n) is 8.05. The average molecular weight is 450 g/mol. The number of rotatable bonds is 5. The predicted molar refractivity (Wildman–Crippen MR) is 127 cm³/mol. The monoisotopic (exact) mass is 449 g/mol. The van der Waals surface area contributed by atoms with Crippen LogP contribution in [0.5, 0.6) is 17.2 Å². The van der Waals surface area contributed by atoms with E-state index in [1.165, 1.54) is 32.1 Å². The predicted octanol–water partition coefficient (Wildman–Crippen LogP) is 5.64. The van der Waals surface area contributed by atoms with E-state index in [2.05, 4.69) is 17.7 Å². The molecule has 1 fully saturated rings. The molecule has 0 atom stereocenters. The Morgan fingerprint density at radius 3 is 2.56 bits per heavy atom. The molecule has 0 radical (unpaired) electrons. The number of thiazole rings is 1. The van der Waals surface area contributed by atoms with Crippen molar-refractivity contribution in [3.63, 3.8) is 0 Å². The summed E-state index contributed by atoms with van der Waals surface area (Å²) in [5.74, 6) is 2.90. The Morgan fingerprint density at radius 2 is 1.78 bits per heavy atom. The van der Waals surface area contributed by atoms with Crippen molar-refractivity contribution in [3.8, 4) is 28.5 Å². The standard InChI is InChI=1S/C25H27N3O3S/c1-29-21-10-8-20(9-11-21)27-25-28(26-16-18-5-3-2-4-6-18)22(17-32-25)19-7-12-23-24(15-19)31-14-13-30-23/h7-12,15-18H,2-6,13-14H2,1H3/b26-16+,27-25?. The Balaban J connectivity index is 1.55. The number of hydrogen-bond acceptors (Lipinski definition) is 6. The lowest BCUT2D eigenvalue weighted by Gasteiger charge is -2.19. The molecule has 166 valence electrons. The number of methoxy groups -OCH3 is 1. The van der Waals surface area contributed by atoms with Gasteiger partial charge in [0.25, 0.3) is 0 Å². The molecule has 2 heterocycles. The normalized spacial score (nSPS) is 17.1. The number of fused-ring (bicyclic) bond motifs is 1. The van der Waals surface area contributed by atoms with E-state index in [-0.39, 0.29) is 0 Å². The molecule has 3 aromatic rings. The lowest BCUT2D eigenvalue weighted by Crippen LogP contribution is -2.16. The smallest absolute Gasteiger partial charge is 0.211 e. The Hall–Kier alpha value is -3.06. The molecule has 2 aromatic carbocycles. The van der Waals surface area contributed by atoms with E-state index < -0.39 is 0 Å². The van der Waals surface area contributed by atoms with Gasteiger partial charge in [0, 0.05) is 17.2 Å². The van der Waals surface area contributed by atoms with Crippen LogP contribution in [-0.2, 0) is 0 Å². The zero-order valence-corrected chi connectivity index (χ0v) is 19.0. The summed E-state index contributed by atoms with van der Waals surface area (Å²) in [7, 11) is 1.67. The summed E-state index contributed by atoms with van der Waals surface area (Å²) in [6.07, 6.45) is 8.42. The summed E-state index contributed by atoms with van der Waals surface area (Å²) in [5.41, 5.74) is 2.89. The lowest BCUT2D eigenvalue weighted by molar-refractivity contribution is 0.171.